The minimum absolute atomic E-state index is 0.942. The molecule has 0 nitrogen and oxygen atoms in total. The van der Waals surface area contributed by atoms with E-state index >= 15 is 0 Å². The molecule has 1 aliphatic carbocycles. The van der Waals surface area contributed by atoms with Crippen LogP contribution >= 0.6 is 0 Å². The molecule has 0 aliphatic heterocycles. The Kier molecular flexibility index (Phi) is 1.83. The molecule has 1 rings (SSSR count). The Hall–Kier alpha value is -0.000519. The Bertz CT molecular complexity index is 158. The van der Waals surface area contributed by atoms with Gasteiger partial charge in [-0.3, -0.25) is 0 Å². The summed E-state index contributed by atoms with van der Waals surface area (Å²) in [5.41, 5.74) is 0. The Balaban J connectivity index is 2.66. The van der Waals surface area contributed by atoms with Crippen molar-refractivity contribution in [2.75, 3.05) is 0 Å². The average molecular weight is 165 g/mol. The second kappa shape index (κ2) is 2.32. The van der Waals surface area contributed by atoms with E-state index in [0.717, 1.165) is 0 Å². The molecule has 0 aromatic carbocycles. The van der Waals surface area contributed by atoms with Crippen LogP contribution in [-0.2, 0) is 12.8 Å². The third-order valence-corrected chi connectivity index (χ3v) is 4.17. The molecule has 0 bridgehead atoms. The van der Waals surface area contributed by atoms with Crippen molar-refractivity contribution in [3.05, 3.63) is 22.7 Å². The SMILES string of the molecule is [CH3][Mn]([CH3])([CH3])[C]1=CC=CC1. The van der Waals surface area contributed by atoms with Gasteiger partial charge in [-0.1, -0.05) is 0 Å². The zero-order valence-corrected chi connectivity index (χ0v) is 7.50. The summed E-state index contributed by atoms with van der Waals surface area (Å²) in [4.78, 5) is 0. The normalized spacial score (nSPS) is 20.1. The van der Waals surface area contributed by atoms with Crippen molar-refractivity contribution < 1.29 is 12.8 Å². The van der Waals surface area contributed by atoms with Gasteiger partial charge in [-0.25, -0.2) is 0 Å². The van der Waals surface area contributed by atoms with E-state index in [1.807, 2.05) is 0 Å². The Morgan fingerprint density at radius 3 is 2.22 bits per heavy atom. The van der Waals surface area contributed by atoms with Crippen LogP contribution in [0.25, 0.3) is 0 Å². The van der Waals surface area contributed by atoms with Gasteiger partial charge in [0.15, 0.2) is 0 Å². The first-order chi connectivity index (χ1) is 4.11. The Morgan fingerprint density at radius 2 is 2.00 bits per heavy atom. The van der Waals surface area contributed by atoms with Crippen molar-refractivity contribution in [1.82, 2.24) is 0 Å². The molecule has 1 heteroatoms. The van der Waals surface area contributed by atoms with Crippen molar-refractivity contribution in [1.29, 1.82) is 0 Å². The number of rotatable bonds is 1. The van der Waals surface area contributed by atoms with Crippen molar-refractivity contribution in [2.45, 2.75) is 23.9 Å². The summed E-state index contributed by atoms with van der Waals surface area (Å²) in [6.45, 7) is 0. The summed E-state index contributed by atoms with van der Waals surface area (Å²) >= 11 is -0.942. The molecule has 0 heterocycles. The number of allylic oxidation sites excluding steroid dienone is 4. The van der Waals surface area contributed by atoms with E-state index in [0.29, 0.717) is 0 Å². The van der Waals surface area contributed by atoms with Gasteiger partial charge >= 0.3 is 59.4 Å². The van der Waals surface area contributed by atoms with Gasteiger partial charge in [-0.15, -0.1) is 0 Å². The van der Waals surface area contributed by atoms with Crippen LogP contribution in [0.1, 0.15) is 6.42 Å². The molecule has 9 heavy (non-hydrogen) atoms. The molecule has 0 radical (unpaired) electrons. The fraction of sp³-hybridized carbons (Fsp3) is 0.500. The molecular formula is C8H14Mn. The van der Waals surface area contributed by atoms with E-state index < -0.39 is 12.8 Å². The van der Waals surface area contributed by atoms with Crippen LogP contribution in [0.4, 0.5) is 0 Å². The molecule has 0 saturated carbocycles. The summed E-state index contributed by atoms with van der Waals surface area (Å²) < 4.78 is 1.68. The quantitative estimate of drug-likeness (QED) is 0.523. The van der Waals surface area contributed by atoms with Crippen molar-refractivity contribution in [2.24, 2.45) is 0 Å². The van der Waals surface area contributed by atoms with Gasteiger partial charge in [0.05, 0.1) is 0 Å². The van der Waals surface area contributed by atoms with E-state index in [-0.39, 0.29) is 0 Å². The summed E-state index contributed by atoms with van der Waals surface area (Å²) in [5, 5.41) is 0. The molecule has 53 valence electrons. The Morgan fingerprint density at radius 1 is 1.33 bits per heavy atom. The topological polar surface area (TPSA) is 0 Å². The van der Waals surface area contributed by atoms with E-state index in [4.69, 9.17) is 0 Å². The van der Waals surface area contributed by atoms with E-state index in [1.54, 1.807) is 4.47 Å². The summed E-state index contributed by atoms with van der Waals surface area (Å²) in [5.74, 6) is 7.19. The van der Waals surface area contributed by atoms with E-state index in [9.17, 15) is 0 Å². The second-order valence-electron chi connectivity index (χ2n) is 2.95. The van der Waals surface area contributed by atoms with Gasteiger partial charge < -0.3 is 0 Å². The van der Waals surface area contributed by atoms with Crippen molar-refractivity contribution in [3.63, 3.8) is 0 Å². The molecule has 0 amide bonds. The minimum atomic E-state index is -0.942. The monoisotopic (exact) mass is 165 g/mol. The third-order valence-electron chi connectivity index (χ3n) is 1.45. The van der Waals surface area contributed by atoms with Crippen LogP contribution in [0.5, 0.6) is 0 Å². The molecule has 0 aromatic rings. The molecule has 0 fully saturated rings. The fourth-order valence-corrected chi connectivity index (χ4v) is 2.41. The molecule has 0 atom stereocenters. The fourth-order valence-electron chi connectivity index (χ4n) is 0.842. The number of hydrogen-bond donors (Lipinski definition) is 0. The standard InChI is InChI=1S/C5H5.3CH3.Mn/c1-2-4-5-3-1;;;;/h1-3H,4H2;3*1H3;. The molecule has 0 saturated heterocycles. The van der Waals surface area contributed by atoms with Gasteiger partial charge in [0.1, 0.15) is 0 Å². The average Bonchev–Trinajstić information content (AvgIpc) is 2.08. The summed E-state index contributed by atoms with van der Waals surface area (Å²) in [6, 6.07) is 0. The molecule has 0 N–H and O–H groups in total. The van der Waals surface area contributed by atoms with Gasteiger partial charge in [0.2, 0.25) is 0 Å². The van der Waals surface area contributed by atoms with E-state index in [2.05, 4.69) is 35.7 Å². The van der Waals surface area contributed by atoms with Gasteiger partial charge in [-0.2, -0.15) is 0 Å². The summed E-state index contributed by atoms with van der Waals surface area (Å²) in [6.07, 6.45) is 7.92. The zero-order valence-electron chi connectivity index (χ0n) is 6.32. The van der Waals surface area contributed by atoms with Crippen molar-refractivity contribution >= 4 is 0 Å². The predicted molar refractivity (Wildman–Crippen MR) is 39.4 cm³/mol. The van der Waals surface area contributed by atoms with Crippen LogP contribution in [0.2, 0.25) is 17.5 Å². The predicted octanol–water partition coefficient (Wildman–Crippen LogP) is 3.13. The van der Waals surface area contributed by atoms with Gasteiger partial charge in [0, 0.05) is 0 Å². The molecule has 0 aromatic heterocycles. The summed E-state index contributed by atoms with van der Waals surface area (Å²) in [7, 11) is 0. The first-order valence-corrected chi connectivity index (χ1v) is 7.17. The van der Waals surface area contributed by atoms with Gasteiger partial charge in [-0.05, 0) is 0 Å². The van der Waals surface area contributed by atoms with E-state index in [1.165, 1.54) is 6.42 Å². The van der Waals surface area contributed by atoms with Crippen LogP contribution in [0.3, 0.4) is 0 Å². The van der Waals surface area contributed by atoms with Gasteiger partial charge in [0.25, 0.3) is 0 Å². The van der Waals surface area contributed by atoms with Crippen LogP contribution in [0, 0.1) is 0 Å². The second-order valence-corrected chi connectivity index (χ2v) is 9.02. The van der Waals surface area contributed by atoms with Crippen LogP contribution in [0.15, 0.2) is 22.7 Å². The van der Waals surface area contributed by atoms with Crippen molar-refractivity contribution in [3.8, 4) is 0 Å². The maximum absolute atomic E-state index is 2.40. The van der Waals surface area contributed by atoms with Crippen LogP contribution in [-0.4, -0.2) is 0 Å². The number of hydrogen-bond acceptors (Lipinski definition) is 0. The van der Waals surface area contributed by atoms with Crippen LogP contribution < -0.4 is 0 Å². The first kappa shape index (κ1) is 7.11. The molecule has 1 aliphatic rings. The molecular weight excluding hydrogens is 151 g/mol. The third kappa shape index (κ3) is 1.70. The molecule has 0 spiro atoms. The molecule has 0 unspecified atom stereocenters. The first-order valence-electron chi connectivity index (χ1n) is 3.04. The Labute approximate surface area is 59.9 Å². The zero-order chi connectivity index (χ0) is 6.91. The maximum atomic E-state index is 2.40.